The lowest BCUT2D eigenvalue weighted by Gasteiger charge is -2.25. The normalized spacial score (nSPS) is 11.9. The van der Waals surface area contributed by atoms with Crippen molar-refractivity contribution in [3.63, 3.8) is 0 Å². The third-order valence-electron chi connectivity index (χ3n) is 6.02. The van der Waals surface area contributed by atoms with E-state index in [-0.39, 0.29) is 28.9 Å². The van der Waals surface area contributed by atoms with E-state index in [2.05, 4.69) is 0 Å². The summed E-state index contributed by atoms with van der Waals surface area (Å²) in [6.45, 7) is 1.73. The number of allylic oxidation sites excluding steroid dienone is 2. The second-order valence-corrected chi connectivity index (χ2v) is 10.9. The number of Topliss-reactive ketones (excluding diaryl/α,β-unsaturated/α-hetero) is 2. The number of ether oxygens (including phenoxy) is 1. The summed E-state index contributed by atoms with van der Waals surface area (Å²) in [5, 5.41) is 1.06. The van der Waals surface area contributed by atoms with Crippen LogP contribution in [0.3, 0.4) is 0 Å². The maximum Gasteiger partial charge on any atom is 0.194 e. The number of benzene rings is 4. The second-order valence-electron chi connectivity index (χ2n) is 8.20. The van der Waals surface area contributed by atoms with Gasteiger partial charge in [-0.3, -0.25) is 9.59 Å². The molecule has 0 radical (unpaired) electrons. The maximum atomic E-state index is 15.3. The van der Waals surface area contributed by atoms with E-state index >= 15 is 4.57 Å². The van der Waals surface area contributed by atoms with Gasteiger partial charge in [0.1, 0.15) is 5.75 Å². The first-order valence-electron chi connectivity index (χ1n) is 11.7. The molecule has 0 aliphatic carbocycles. The first-order chi connectivity index (χ1) is 17.5. The van der Waals surface area contributed by atoms with Gasteiger partial charge in [0.25, 0.3) is 0 Å². The number of methoxy groups -OCH3 is 1. The molecule has 0 amide bonds. The van der Waals surface area contributed by atoms with Crippen LogP contribution in [0.25, 0.3) is 5.57 Å². The molecule has 4 aromatic carbocycles. The molecule has 0 unspecified atom stereocenters. The Morgan fingerprint density at radius 1 is 0.667 bits per heavy atom. The number of hydrogen-bond donors (Lipinski definition) is 0. The third-order valence-corrected chi connectivity index (χ3v) is 9.17. The van der Waals surface area contributed by atoms with Crippen molar-refractivity contribution < 1.29 is 18.9 Å². The molecule has 0 bridgehead atoms. The van der Waals surface area contributed by atoms with Gasteiger partial charge in [-0.25, -0.2) is 0 Å². The summed E-state index contributed by atoms with van der Waals surface area (Å²) in [7, 11) is -2.18. The van der Waals surface area contributed by atoms with Gasteiger partial charge in [0.05, 0.1) is 12.4 Å². The lowest BCUT2D eigenvalue weighted by atomic mass is 9.95. The van der Waals surface area contributed by atoms with Crippen molar-refractivity contribution in [1.29, 1.82) is 0 Å². The van der Waals surface area contributed by atoms with Crippen molar-refractivity contribution >= 4 is 34.9 Å². The fourth-order valence-corrected chi connectivity index (χ4v) is 7.24. The zero-order chi connectivity index (χ0) is 25.5. The number of hydrogen-bond acceptors (Lipinski definition) is 4. The maximum absolute atomic E-state index is 15.3. The molecular weight excluding hydrogens is 467 g/mol. The summed E-state index contributed by atoms with van der Waals surface area (Å²) >= 11 is 0. The Morgan fingerprint density at radius 2 is 1.14 bits per heavy atom. The molecular formula is C31H27O4P. The molecule has 0 aliphatic rings. The fraction of sp³-hybridized carbons (Fsp3) is 0.0968. The zero-order valence-electron chi connectivity index (χ0n) is 20.3. The third kappa shape index (κ3) is 4.86. The predicted molar refractivity (Wildman–Crippen MR) is 146 cm³/mol. The van der Waals surface area contributed by atoms with Gasteiger partial charge in [-0.15, -0.1) is 0 Å². The van der Waals surface area contributed by atoms with Crippen LogP contribution in [0.2, 0.25) is 0 Å². The van der Waals surface area contributed by atoms with E-state index < -0.39 is 7.14 Å². The topological polar surface area (TPSA) is 60.4 Å². The number of rotatable bonds is 9. The van der Waals surface area contributed by atoms with Crippen LogP contribution in [0, 0.1) is 0 Å². The summed E-state index contributed by atoms with van der Waals surface area (Å²) in [5.41, 5.74) is 1.08. The molecule has 0 spiro atoms. The molecule has 5 heteroatoms. The number of carbonyl (C=O) groups excluding carboxylic acids is 2. The average molecular weight is 495 g/mol. The fourth-order valence-electron chi connectivity index (χ4n) is 4.19. The predicted octanol–water partition coefficient (Wildman–Crippen LogP) is 6.28. The molecule has 36 heavy (non-hydrogen) atoms. The van der Waals surface area contributed by atoms with Crippen molar-refractivity contribution in [3.8, 4) is 5.75 Å². The van der Waals surface area contributed by atoms with Crippen molar-refractivity contribution in [2.45, 2.75) is 13.3 Å². The molecule has 0 saturated carbocycles. The first kappa shape index (κ1) is 25.1. The van der Waals surface area contributed by atoms with Crippen LogP contribution in [0.15, 0.2) is 121 Å². The Bertz CT molecular complexity index is 1380. The van der Waals surface area contributed by atoms with Crippen LogP contribution in [0.5, 0.6) is 5.75 Å². The minimum absolute atomic E-state index is 0.0504. The van der Waals surface area contributed by atoms with Crippen LogP contribution in [0.1, 0.15) is 29.3 Å². The van der Waals surface area contributed by atoms with E-state index in [1.165, 1.54) is 0 Å². The van der Waals surface area contributed by atoms with Crippen LogP contribution in [-0.2, 0) is 9.36 Å². The minimum atomic E-state index is -3.73. The Morgan fingerprint density at radius 3 is 1.58 bits per heavy atom. The monoisotopic (exact) mass is 494 g/mol. The highest BCUT2D eigenvalue weighted by Gasteiger charge is 2.39. The molecule has 0 aliphatic heterocycles. The van der Waals surface area contributed by atoms with E-state index in [0.29, 0.717) is 27.5 Å². The summed E-state index contributed by atoms with van der Waals surface area (Å²) < 4.78 is 20.6. The Labute approximate surface area is 211 Å². The smallest absolute Gasteiger partial charge is 0.194 e. The molecule has 0 aromatic heterocycles. The molecule has 0 fully saturated rings. The van der Waals surface area contributed by atoms with Crippen LogP contribution >= 0.6 is 7.14 Å². The lowest BCUT2D eigenvalue weighted by molar-refractivity contribution is -0.114. The van der Waals surface area contributed by atoms with Gasteiger partial charge in [-0.1, -0.05) is 97.9 Å². The summed E-state index contributed by atoms with van der Waals surface area (Å²) in [4.78, 5) is 27.9. The van der Waals surface area contributed by atoms with Gasteiger partial charge in [0.2, 0.25) is 0 Å². The summed E-state index contributed by atoms with van der Waals surface area (Å²) in [6.07, 6.45) is 0.102. The number of carbonyl (C=O) groups is 2. The van der Waals surface area contributed by atoms with E-state index in [0.717, 1.165) is 0 Å². The van der Waals surface area contributed by atoms with Gasteiger partial charge in [-0.2, -0.15) is 0 Å². The first-order valence-corrected chi connectivity index (χ1v) is 13.4. The Balaban J connectivity index is 2.12. The number of ketones is 2. The molecule has 0 atom stereocenters. The van der Waals surface area contributed by atoms with Gasteiger partial charge in [0, 0.05) is 28.2 Å². The quantitative estimate of drug-likeness (QED) is 0.156. The second kappa shape index (κ2) is 11.2. The molecule has 0 N–H and O–H groups in total. The SMILES string of the molecule is CCC(=O)/C(=C(/C(=O)c1ccc(OC)cc1)c1ccccc1)P(=O)(c1ccccc1)c1ccccc1. The summed E-state index contributed by atoms with van der Waals surface area (Å²) in [5.74, 6) is -0.0830. The van der Waals surface area contributed by atoms with Gasteiger partial charge in [-0.05, 0) is 29.8 Å². The minimum Gasteiger partial charge on any atom is -0.497 e. The van der Waals surface area contributed by atoms with Crippen LogP contribution in [0.4, 0.5) is 0 Å². The lowest BCUT2D eigenvalue weighted by Crippen LogP contribution is -2.23. The molecule has 0 heterocycles. The Kier molecular flexibility index (Phi) is 7.77. The largest absolute Gasteiger partial charge is 0.497 e. The standard InChI is InChI=1S/C31H27O4P/c1-3-28(32)31(36(34,26-15-9-5-10-16-26)27-17-11-6-12-18-27)29(23-13-7-4-8-14-23)30(33)24-19-21-25(35-2)22-20-24/h4-22H,3H2,1-2H3/b31-29-. The van der Waals surface area contributed by atoms with Crippen molar-refractivity contribution in [2.75, 3.05) is 7.11 Å². The van der Waals surface area contributed by atoms with E-state index in [4.69, 9.17) is 4.74 Å². The van der Waals surface area contributed by atoms with E-state index in [1.54, 1.807) is 111 Å². The highest BCUT2D eigenvalue weighted by molar-refractivity contribution is 7.83. The molecule has 4 rings (SSSR count). The van der Waals surface area contributed by atoms with Crippen LogP contribution in [-0.4, -0.2) is 18.7 Å². The molecule has 4 aromatic rings. The highest BCUT2D eigenvalue weighted by Crippen LogP contribution is 2.55. The average Bonchev–Trinajstić information content (AvgIpc) is 2.96. The van der Waals surface area contributed by atoms with Gasteiger partial charge < -0.3 is 9.30 Å². The van der Waals surface area contributed by atoms with E-state index in [1.807, 2.05) is 18.2 Å². The Hall–Kier alpha value is -4.01. The highest BCUT2D eigenvalue weighted by atomic mass is 31.2. The van der Waals surface area contributed by atoms with Crippen LogP contribution < -0.4 is 15.3 Å². The zero-order valence-corrected chi connectivity index (χ0v) is 21.2. The van der Waals surface area contributed by atoms with Gasteiger partial charge in [0.15, 0.2) is 18.7 Å². The molecule has 4 nitrogen and oxygen atoms in total. The van der Waals surface area contributed by atoms with Gasteiger partial charge >= 0.3 is 0 Å². The van der Waals surface area contributed by atoms with Crippen molar-refractivity contribution in [1.82, 2.24) is 0 Å². The molecule has 180 valence electrons. The van der Waals surface area contributed by atoms with E-state index in [9.17, 15) is 9.59 Å². The van der Waals surface area contributed by atoms with Crippen molar-refractivity contribution in [3.05, 3.63) is 132 Å². The van der Waals surface area contributed by atoms with Crippen molar-refractivity contribution in [2.24, 2.45) is 0 Å². The summed E-state index contributed by atoms with van der Waals surface area (Å²) in [6, 6.07) is 33.6. The molecule has 0 saturated heterocycles.